The molecule has 2 heterocycles. The molecule has 0 saturated carbocycles. The zero-order valence-corrected chi connectivity index (χ0v) is 20.6. The maximum absolute atomic E-state index is 13.1. The summed E-state index contributed by atoms with van der Waals surface area (Å²) in [5.41, 5.74) is 9.82. The standard InChI is InChI=1S/C20H26F3N7O3S2/c1-3-32-4-5-33-18(35-13-6-12(7-24)17(28-8-13)20(21,22)23)16(31-2)10-30(27)9-14(25)15-11-34-19(26)29-15/h6,8-9,11,16,18H,3-5,10,25,27H2,1-2H3,(H2,26,29)/b14-9-/t16-,18?/m0/s1. The quantitative estimate of drug-likeness (QED) is 0.114. The molecule has 0 aliphatic rings. The summed E-state index contributed by atoms with van der Waals surface area (Å²) in [6.45, 7) is 2.90. The first kappa shape index (κ1) is 28.6. The van der Waals surface area contributed by atoms with E-state index in [4.69, 9.17) is 36.8 Å². The van der Waals surface area contributed by atoms with Crippen LogP contribution in [0.5, 0.6) is 0 Å². The van der Waals surface area contributed by atoms with E-state index in [2.05, 4.69) is 9.97 Å². The molecule has 0 bridgehead atoms. The van der Waals surface area contributed by atoms with E-state index in [1.165, 1.54) is 35.7 Å². The number of hydrogen-bond acceptors (Lipinski definition) is 12. The van der Waals surface area contributed by atoms with Gasteiger partial charge in [-0.3, -0.25) is 0 Å². The average Bonchev–Trinajstić information content (AvgIpc) is 3.25. The maximum atomic E-state index is 13.1. The molecular formula is C20H26F3N7O3S2. The van der Waals surface area contributed by atoms with E-state index in [0.29, 0.717) is 24.0 Å². The molecule has 2 aromatic rings. The average molecular weight is 534 g/mol. The smallest absolute Gasteiger partial charge is 0.396 e. The van der Waals surface area contributed by atoms with Crippen molar-refractivity contribution in [2.45, 2.75) is 29.5 Å². The number of nitriles is 1. The molecule has 0 saturated heterocycles. The first-order valence-electron chi connectivity index (χ1n) is 10.1. The summed E-state index contributed by atoms with van der Waals surface area (Å²) in [4.78, 5) is 7.81. The zero-order valence-electron chi connectivity index (χ0n) is 19.0. The molecule has 0 aliphatic carbocycles. The van der Waals surface area contributed by atoms with E-state index in [1.54, 1.807) is 5.38 Å². The Morgan fingerprint density at radius 1 is 1.40 bits per heavy atom. The molecule has 0 spiro atoms. The van der Waals surface area contributed by atoms with Crippen LogP contribution in [-0.2, 0) is 20.4 Å². The molecule has 1 unspecified atom stereocenters. The highest BCUT2D eigenvalue weighted by Crippen LogP contribution is 2.34. The fourth-order valence-electron chi connectivity index (χ4n) is 2.74. The van der Waals surface area contributed by atoms with Crippen molar-refractivity contribution in [3.63, 3.8) is 0 Å². The third-order valence-electron chi connectivity index (χ3n) is 4.34. The van der Waals surface area contributed by atoms with Gasteiger partial charge in [0.1, 0.15) is 23.3 Å². The lowest BCUT2D eigenvalue weighted by Crippen LogP contribution is -2.41. The van der Waals surface area contributed by atoms with Gasteiger partial charge in [0.25, 0.3) is 0 Å². The Balaban J connectivity index is 2.21. The van der Waals surface area contributed by atoms with Gasteiger partial charge in [-0.05, 0) is 13.0 Å². The van der Waals surface area contributed by atoms with E-state index < -0.39 is 29.0 Å². The molecule has 0 amide bonds. The number of anilines is 1. The number of aromatic nitrogens is 2. The highest BCUT2D eigenvalue weighted by Gasteiger charge is 2.36. The number of halogens is 3. The van der Waals surface area contributed by atoms with Gasteiger partial charge < -0.3 is 30.7 Å². The first-order chi connectivity index (χ1) is 16.6. The van der Waals surface area contributed by atoms with Crippen LogP contribution in [0.3, 0.4) is 0 Å². The molecule has 15 heteroatoms. The monoisotopic (exact) mass is 533 g/mol. The van der Waals surface area contributed by atoms with Gasteiger partial charge in [0, 0.05) is 36.4 Å². The second-order valence-corrected chi connectivity index (χ2v) is 8.92. The third-order valence-corrected chi connectivity index (χ3v) is 6.18. The summed E-state index contributed by atoms with van der Waals surface area (Å²) in [6.07, 6.45) is -2.92. The van der Waals surface area contributed by atoms with Crippen molar-refractivity contribution in [1.82, 2.24) is 15.0 Å². The van der Waals surface area contributed by atoms with Gasteiger partial charge in [-0.25, -0.2) is 15.8 Å². The SMILES string of the molecule is CCOCCOC(Sc1cnc(C(F)(F)F)c(C#N)c1)[C@H](CN(N)/C=C(\N)c1csc(N)n1)OC. The molecule has 0 aliphatic heterocycles. The van der Waals surface area contributed by atoms with Gasteiger partial charge in [0.2, 0.25) is 0 Å². The Hall–Kier alpha value is -2.61. The number of hydrazine groups is 1. The van der Waals surface area contributed by atoms with Gasteiger partial charge in [0.05, 0.1) is 31.0 Å². The van der Waals surface area contributed by atoms with Crippen LogP contribution in [0.1, 0.15) is 23.9 Å². The molecule has 192 valence electrons. The minimum atomic E-state index is -4.75. The Morgan fingerprint density at radius 3 is 2.71 bits per heavy atom. The Kier molecular flexibility index (Phi) is 11.0. The molecule has 2 aromatic heterocycles. The highest BCUT2D eigenvalue weighted by molar-refractivity contribution is 7.99. The van der Waals surface area contributed by atoms with Crippen LogP contribution in [-0.4, -0.2) is 60.0 Å². The number of nitrogens with two attached hydrogens (primary N) is 3. The van der Waals surface area contributed by atoms with Gasteiger partial charge in [-0.2, -0.15) is 18.4 Å². The van der Waals surface area contributed by atoms with Crippen LogP contribution >= 0.6 is 23.1 Å². The number of hydrogen-bond donors (Lipinski definition) is 3. The highest BCUT2D eigenvalue weighted by atomic mass is 32.2. The maximum Gasteiger partial charge on any atom is 0.434 e. The van der Waals surface area contributed by atoms with Crippen LogP contribution in [0.25, 0.3) is 5.70 Å². The number of alkyl halides is 3. The van der Waals surface area contributed by atoms with Crippen LogP contribution in [0.4, 0.5) is 18.3 Å². The molecule has 35 heavy (non-hydrogen) atoms. The summed E-state index contributed by atoms with van der Waals surface area (Å²) < 4.78 is 56.0. The number of thioether (sulfide) groups is 1. The van der Waals surface area contributed by atoms with Gasteiger partial charge in [-0.15, -0.1) is 11.3 Å². The zero-order chi connectivity index (χ0) is 26.0. The van der Waals surface area contributed by atoms with Gasteiger partial charge >= 0.3 is 6.18 Å². The summed E-state index contributed by atoms with van der Waals surface area (Å²) in [5.74, 6) is 6.09. The molecular weight excluding hydrogens is 507 g/mol. The van der Waals surface area contributed by atoms with Crippen LogP contribution in [0, 0.1) is 11.3 Å². The second-order valence-electron chi connectivity index (χ2n) is 6.86. The number of ether oxygens (including phenoxy) is 3. The Morgan fingerprint density at radius 2 is 2.14 bits per heavy atom. The van der Waals surface area contributed by atoms with Crippen molar-refractivity contribution in [3.05, 3.63) is 40.8 Å². The fourth-order valence-corrected chi connectivity index (χ4v) is 4.39. The Bertz CT molecular complexity index is 1030. The number of nitrogen functional groups attached to an aromatic ring is 1. The van der Waals surface area contributed by atoms with Crippen LogP contribution in [0.15, 0.2) is 28.7 Å². The molecule has 10 nitrogen and oxygen atoms in total. The van der Waals surface area contributed by atoms with Crippen LogP contribution < -0.4 is 17.3 Å². The summed E-state index contributed by atoms with van der Waals surface area (Å²) >= 11 is 2.27. The number of rotatable bonds is 13. The lowest BCUT2D eigenvalue weighted by atomic mass is 10.2. The van der Waals surface area contributed by atoms with E-state index in [9.17, 15) is 13.2 Å². The predicted molar refractivity (Wildman–Crippen MR) is 126 cm³/mol. The van der Waals surface area contributed by atoms with Gasteiger partial charge in [0.15, 0.2) is 10.8 Å². The topological polar surface area (TPSA) is 159 Å². The minimum Gasteiger partial charge on any atom is -0.396 e. The number of nitrogens with zero attached hydrogens (tertiary/aromatic N) is 4. The van der Waals surface area contributed by atoms with Crippen molar-refractivity contribution in [3.8, 4) is 6.07 Å². The van der Waals surface area contributed by atoms with Crippen molar-refractivity contribution < 1.29 is 27.4 Å². The third kappa shape index (κ3) is 8.84. The fraction of sp³-hybridized carbons (Fsp3) is 0.450. The lowest BCUT2D eigenvalue weighted by molar-refractivity contribution is -0.141. The number of methoxy groups -OCH3 is 1. The summed E-state index contributed by atoms with van der Waals surface area (Å²) in [7, 11) is 1.44. The molecule has 2 rings (SSSR count). The van der Waals surface area contributed by atoms with E-state index in [0.717, 1.165) is 24.0 Å². The van der Waals surface area contributed by atoms with E-state index in [-0.39, 0.29) is 23.7 Å². The summed E-state index contributed by atoms with van der Waals surface area (Å²) in [5, 5.41) is 12.5. The number of pyridine rings is 1. The second kappa shape index (κ2) is 13.5. The molecule has 6 N–H and O–H groups in total. The molecule has 0 radical (unpaired) electrons. The van der Waals surface area contributed by atoms with Crippen molar-refractivity contribution in [2.75, 3.05) is 39.2 Å². The van der Waals surface area contributed by atoms with Crippen molar-refractivity contribution in [2.24, 2.45) is 11.6 Å². The molecule has 2 atom stereocenters. The van der Waals surface area contributed by atoms with Crippen molar-refractivity contribution in [1.29, 1.82) is 5.26 Å². The van der Waals surface area contributed by atoms with E-state index >= 15 is 0 Å². The first-order valence-corrected chi connectivity index (χ1v) is 11.9. The van der Waals surface area contributed by atoms with Gasteiger partial charge in [-0.1, -0.05) is 11.8 Å². The molecule has 0 aromatic carbocycles. The normalized spacial score (nSPS) is 13.9. The van der Waals surface area contributed by atoms with E-state index in [1.807, 2.05) is 6.92 Å². The number of thiazole rings is 1. The minimum absolute atomic E-state index is 0.0995. The lowest BCUT2D eigenvalue weighted by Gasteiger charge is -2.29. The largest absolute Gasteiger partial charge is 0.434 e. The van der Waals surface area contributed by atoms with Crippen molar-refractivity contribution >= 4 is 33.9 Å². The van der Waals surface area contributed by atoms with Crippen LogP contribution in [0.2, 0.25) is 0 Å². The predicted octanol–water partition coefficient (Wildman–Crippen LogP) is 2.63. The summed E-state index contributed by atoms with van der Waals surface area (Å²) in [6, 6.07) is 2.65. The Labute approximate surface area is 208 Å². The molecule has 0 fully saturated rings.